The van der Waals surface area contributed by atoms with Gasteiger partial charge in [0, 0.05) is 16.5 Å². The molecule has 0 bridgehead atoms. The zero-order chi connectivity index (χ0) is 21.3. The van der Waals surface area contributed by atoms with Gasteiger partial charge in [-0.05, 0) is 36.1 Å². The second-order valence-corrected chi connectivity index (χ2v) is 8.40. The molecule has 6 nitrogen and oxygen atoms in total. The molecule has 0 aliphatic heterocycles. The van der Waals surface area contributed by atoms with E-state index in [0.29, 0.717) is 22.7 Å². The lowest BCUT2D eigenvalue weighted by Gasteiger charge is -2.17. The second kappa shape index (κ2) is 10.9. The Hall–Kier alpha value is -2.68. The van der Waals surface area contributed by atoms with E-state index in [1.165, 1.54) is 11.3 Å². The van der Waals surface area contributed by atoms with Gasteiger partial charge >= 0.3 is 0 Å². The van der Waals surface area contributed by atoms with Gasteiger partial charge in [0.25, 0.3) is 5.91 Å². The summed E-state index contributed by atoms with van der Waals surface area (Å²) in [6.07, 6.45) is 2.45. The van der Waals surface area contributed by atoms with E-state index in [1.54, 1.807) is 36.0 Å². The summed E-state index contributed by atoms with van der Waals surface area (Å²) < 4.78 is 0. The first-order chi connectivity index (χ1) is 14.6. The highest BCUT2D eigenvalue weighted by Crippen LogP contribution is 2.24. The molecule has 0 unspecified atom stereocenters. The van der Waals surface area contributed by atoms with Gasteiger partial charge in [0.05, 0.1) is 12.3 Å². The quantitative estimate of drug-likeness (QED) is 0.470. The monoisotopic (exact) mass is 441 g/mol. The first kappa shape index (κ1) is 22.0. The van der Waals surface area contributed by atoms with Gasteiger partial charge in [-0.2, -0.15) is 11.8 Å². The van der Waals surface area contributed by atoms with E-state index in [-0.39, 0.29) is 18.4 Å². The van der Waals surface area contributed by atoms with Crippen LogP contribution in [0, 0.1) is 0 Å². The van der Waals surface area contributed by atoms with Crippen LogP contribution in [0.25, 0.3) is 11.3 Å². The molecule has 30 heavy (non-hydrogen) atoms. The number of nitrogens with one attached hydrogen (secondary N) is 2. The molecule has 2 amide bonds. The Kier molecular flexibility index (Phi) is 8.01. The van der Waals surface area contributed by atoms with Crippen molar-refractivity contribution in [1.82, 2.24) is 10.3 Å². The first-order valence-electron chi connectivity index (χ1n) is 9.42. The molecule has 156 valence electrons. The van der Waals surface area contributed by atoms with E-state index in [2.05, 4.69) is 15.6 Å². The van der Waals surface area contributed by atoms with E-state index in [0.717, 1.165) is 17.0 Å². The van der Waals surface area contributed by atoms with Crippen LogP contribution in [0.4, 0.5) is 5.13 Å². The zero-order valence-electron chi connectivity index (χ0n) is 16.5. The smallest absolute Gasteiger partial charge is 0.251 e. The van der Waals surface area contributed by atoms with E-state index < -0.39 is 6.04 Å². The number of rotatable bonds is 9. The Balaban J connectivity index is 1.69. The maximum Gasteiger partial charge on any atom is 0.251 e. The lowest BCUT2D eigenvalue weighted by atomic mass is 10.1. The third-order valence-corrected chi connectivity index (χ3v) is 5.81. The Morgan fingerprint density at radius 3 is 2.70 bits per heavy atom. The summed E-state index contributed by atoms with van der Waals surface area (Å²) in [6, 6.07) is 15.8. The topological polar surface area (TPSA) is 91.3 Å². The van der Waals surface area contributed by atoms with Crippen LogP contribution in [0.1, 0.15) is 22.3 Å². The van der Waals surface area contributed by atoms with Gasteiger partial charge in [-0.3, -0.25) is 9.59 Å². The number of aliphatic hydroxyl groups excluding tert-OH is 1. The van der Waals surface area contributed by atoms with Crippen LogP contribution in [0.5, 0.6) is 0 Å². The lowest BCUT2D eigenvalue weighted by molar-refractivity contribution is -0.118. The van der Waals surface area contributed by atoms with E-state index in [1.807, 2.05) is 42.0 Å². The maximum atomic E-state index is 12.8. The molecule has 0 fully saturated rings. The molecule has 0 aliphatic carbocycles. The largest absolute Gasteiger partial charge is 0.392 e. The van der Waals surface area contributed by atoms with E-state index in [9.17, 15) is 14.7 Å². The molecule has 0 aliphatic rings. The predicted molar refractivity (Wildman–Crippen MR) is 123 cm³/mol. The molecule has 1 aromatic heterocycles. The minimum atomic E-state index is -0.688. The van der Waals surface area contributed by atoms with Gasteiger partial charge < -0.3 is 15.7 Å². The van der Waals surface area contributed by atoms with Gasteiger partial charge in [0.2, 0.25) is 5.91 Å². The van der Waals surface area contributed by atoms with Gasteiger partial charge in [-0.1, -0.05) is 42.5 Å². The highest BCUT2D eigenvalue weighted by Gasteiger charge is 2.22. The van der Waals surface area contributed by atoms with Crippen molar-refractivity contribution in [2.75, 3.05) is 17.3 Å². The number of nitrogens with zero attached hydrogens (tertiary/aromatic N) is 1. The Labute approximate surface area is 183 Å². The van der Waals surface area contributed by atoms with E-state index in [4.69, 9.17) is 0 Å². The van der Waals surface area contributed by atoms with Gasteiger partial charge in [-0.25, -0.2) is 4.98 Å². The first-order valence-corrected chi connectivity index (χ1v) is 11.7. The van der Waals surface area contributed by atoms with Crippen LogP contribution < -0.4 is 10.6 Å². The summed E-state index contributed by atoms with van der Waals surface area (Å²) in [5.41, 5.74) is 2.82. The molecule has 0 radical (unpaired) electrons. The van der Waals surface area contributed by atoms with Gasteiger partial charge in [0.15, 0.2) is 5.13 Å². The van der Waals surface area contributed by atoms with Crippen LogP contribution in [0.3, 0.4) is 0 Å². The zero-order valence-corrected chi connectivity index (χ0v) is 18.1. The number of thiazole rings is 1. The number of anilines is 1. The predicted octanol–water partition coefficient (Wildman–Crippen LogP) is 3.79. The average Bonchev–Trinajstić information content (AvgIpc) is 3.25. The molecule has 1 heterocycles. The molecule has 1 atom stereocenters. The third-order valence-electron chi connectivity index (χ3n) is 4.41. The van der Waals surface area contributed by atoms with Crippen LogP contribution >= 0.6 is 23.1 Å². The Bertz CT molecular complexity index is 992. The lowest BCUT2D eigenvalue weighted by Crippen LogP contribution is -2.44. The van der Waals surface area contributed by atoms with Gasteiger partial charge in [-0.15, -0.1) is 11.3 Å². The summed E-state index contributed by atoms with van der Waals surface area (Å²) in [5, 5.41) is 17.3. The van der Waals surface area contributed by atoms with Crippen molar-refractivity contribution in [3.05, 3.63) is 71.1 Å². The number of carbonyl (C=O) groups is 2. The number of amides is 2. The highest BCUT2D eigenvalue weighted by atomic mass is 32.2. The summed E-state index contributed by atoms with van der Waals surface area (Å²) in [5.74, 6) is 0.0719. The molecular formula is C22H23N3O3S2. The molecule has 3 N–H and O–H groups in total. The number of aromatic nitrogens is 1. The second-order valence-electron chi connectivity index (χ2n) is 6.56. The number of hydrogen-bond acceptors (Lipinski definition) is 6. The maximum absolute atomic E-state index is 12.8. The number of hydrogen-bond donors (Lipinski definition) is 3. The third kappa shape index (κ3) is 5.91. The van der Waals surface area contributed by atoms with Crippen LogP contribution in [0.15, 0.2) is 60.0 Å². The number of thioether (sulfide) groups is 1. The normalized spacial score (nSPS) is 11.7. The molecule has 2 aromatic carbocycles. The fraction of sp³-hybridized carbons (Fsp3) is 0.227. The minimum Gasteiger partial charge on any atom is -0.392 e. The van der Waals surface area contributed by atoms with Crippen LogP contribution in [-0.4, -0.2) is 40.0 Å². The standard InChI is InChI=1S/C22H23N3O3S2/c1-29-11-10-18(23-20(27)17-9-5-6-15(12-17)13-26)21(28)25-22-24-19(14-30-22)16-7-3-2-4-8-16/h2-9,12,14,18,26H,10-11,13H2,1H3,(H,23,27)(H,24,25,28)/t18-/m0/s1. The van der Waals surface area contributed by atoms with Crippen molar-refractivity contribution in [3.63, 3.8) is 0 Å². The Morgan fingerprint density at radius 2 is 1.97 bits per heavy atom. The van der Waals surface area contributed by atoms with Crippen molar-refractivity contribution in [3.8, 4) is 11.3 Å². The number of aliphatic hydroxyl groups is 1. The molecule has 3 aromatic rings. The van der Waals surface area contributed by atoms with Gasteiger partial charge in [0.1, 0.15) is 6.04 Å². The molecule has 0 saturated heterocycles. The van der Waals surface area contributed by atoms with Crippen molar-refractivity contribution < 1.29 is 14.7 Å². The molecular weight excluding hydrogens is 418 g/mol. The molecule has 8 heteroatoms. The summed E-state index contributed by atoms with van der Waals surface area (Å²) in [6.45, 7) is -0.148. The van der Waals surface area contributed by atoms with Crippen molar-refractivity contribution in [2.45, 2.75) is 19.1 Å². The van der Waals surface area contributed by atoms with Crippen molar-refractivity contribution in [1.29, 1.82) is 0 Å². The summed E-state index contributed by atoms with van der Waals surface area (Å²) in [7, 11) is 0. The highest BCUT2D eigenvalue weighted by molar-refractivity contribution is 7.98. The summed E-state index contributed by atoms with van der Waals surface area (Å²) >= 11 is 2.95. The minimum absolute atomic E-state index is 0.148. The Morgan fingerprint density at radius 1 is 1.17 bits per heavy atom. The van der Waals surface area contributed by atoms with Crippen LogP contribution in [-0.2, 0) is 11.4 Å². The fourth-order valence-electron chi connectivity index (χ4n) is 2.82. The van der Waals surface area contributed by atoms with Crippen molar-refractivity contribution in [2.24, 2.45) is 0 Å². The molecule has 0 spiro atoms. The number of benzene rings is 2. The molecule has 0 saturated carbocycles. The SMILES string of the molecule is CSCC[C@H](NC(=O)c1cccc(CO)c1)C(=O)Nc1nc(-c2ccccc2)cs1. The van der Waals surface area contributed by atoms with Crippen molar-refractivity contribution >= 4 is 40.0 Å². The average molecular weight is 442 g/mol. The number of carbonyl (C=O) groups excluding carboxylic acids is 2. The fourth-order valence-corrected chi connectivity index (χ4v) is 4.02. The molecule has 3 rings (SSSR count). The summed E-state index contributed by atoms with van der Waals surface area (Å²) in [4.78, 5) is 30.0. The van der Waals surface area contributed by atoms with Crippen LogP contribution in [0.2, 0.25) is 0 Å². The van der Waals surface area contributed by atoms with E-state index >= 15 is 0 Å².